The van der Waals surface area contributed by atoms with Gasteiger partial charge in [0, 0.05) is 24.8 Å². The Kier molecular flexibility index (Phi) is 3.68. The maximum absolute atomic E-state index is 13.0. The molecule has 7 heteroatoms. The van der Waals surface area contributed by atoms with Gasteiger partial charge < -0.3 is 23.8 Å². The lowest BCUT2D eigenvalue weighted by Gasteiger charge is -2.52. The number of carbonyl (C=O) groups is 1. The number of ether oxygens (including phenoxy) is 4. The van der Waals surface area contributed by atoms with Crippen LogP contribution in [0.2, 0.25) is 0 Å². The number of fused-ring (bicyclic) bond motifs is 2. The fourth-order valence-corrected chi connectivity index (χ4v) is 4.71. The molecule has 7 nitrogen and oxygen atoms in total. The highest BCUT2D eigenvalue weighted by molar-refractivity contribution is 6.04. The average molecular weight is 394 g/mol. The minimum absolute atomic E-state index is 0.207. The summed E-state index contributed by atoms with van der Waals surface area (Å²) in [4.78, 5) is 17.3. The highest BCUT2D eigenvalue weighted by atomic mass is 16.7. The topological polar surface area (TPSA) is 60.5 Å². The molecule has 2 aromatic carbocycles. The second kappa shape index (κ2) is 6.29. The molecule has 2 saturated heterocycles. The van der Waals surface area contributed by atoms with Gasteiger partial charge in [0.15, 0.2) is 23.0 Å². The average Bonchev–Trinajstić information content (AvgIpc) is 3.41. The Morgan fingerprint density at radius 2 is 1.48 bits per heavy atom. The summed E-state index contributed by atoms with van der Waals surface area (Å²) in [6.45, 7) is 4.04. The second-order valence-electron chi connectivity index (χ2n) is 8.17. The van der Waals surface area contributed by atoms with Gasteiger partial charge in [0.1, 0.15) is 0 Å². The van der Waals surface area contributed by atoms with Crippen molar-refractivity contribution in [2.75, 3.05) is 38.1 Å². The zero-order valence-electron chi connectivity index (χ0n) is 16.1. The van der Waals surface area contributed by atoms with Gasteiger partial charge in [0.25, 0.3) is 0 Å². The Bertz CT molecular complexity index is 983. The molecule has 0 aliphatic carbocycles. The molecule has 6 rings (SSSR count). The molecule has 4 aliphatic rings. The lowest BCUT2D eigenvalue weighted by atomic mass is 9.70. The number of β-lactam (4-membered cyclic amide) rings is 1. The summed E-state index contributed by atoms with van der Waals surface area (Å²) in [5, 5.41) is 0. The van der Waals surface area contributed by atoms with Gasteiger partial charge in [0.2, 0.25) is 19.5 Å². The van der Waals surface area contributed by atoms with Crippen molar-refractivity contribution in [3.8, 4) is 23.0 Å². The van der Waals surface area contributed by atoms with Gasteiger partial charge in [-0.05, 0) is 55.8 Å². The second-order valence-corrected chi connectivity index (χ2v) is 8.17. The Morgan fingerprint density at radius 3 is 2.21 bits per heavy atom. The molecule has 0 radical (unpaired) electrons. The summed E-state index contributed by atoms with van der Waals surface area (Å²) < 4.78 is 21.7. The molecule has 4 heterocycles. The van der Waals surface area contributed by atoms with E-state index in [1.165, 1.54) is 5.56 Å². The molecule has 29 heavy (non-hydrogen) atoms. The van der Waals surface area contributed by atoms with E-state index in [4.69, 9.17) is 18.9 Å². The van der Waals surface area contributed by atoms with Gasteiger partial charge in [-0.3, -0.25) is 9.69 Å². The highest BCUT2D eigenvalue weighted by Gasteiger charge is 2.53. The number of anilines is 1. The van der Waals surface area contributed by atoms with Crippen LogP contribution < -0.4 is 23.8 Å². The minimum Gasteiger partial charge on any atom is -0.454 e. The minimum atomic E-state index is -0.207. The van der Waals surface area contributed by atoms with Crippen LogP contribution in [0.15, 0.2) is 36.4 Å². The third-order valence-electron chi connectivity index (χ3n) is 6.48. The van der Waals surface area contributed by atoms with E-state index in [9.17, 15) is 4.79 Å². The summed E-state index contributed by atoms with van der Waals surface area (Å²) in [5.74, 6) is 3.33. The Morgan fingerprint density at radius 1 is 0.828 bits per heavy atom. The van der Waals surface area contributed by atoms with Crippen LogP contribution >= 0.6 is 0 Å². The number of rotatable bonds is 3. The monoisotopic (exact) mass is 394 g/mol. The van der Waals surface area contributed by atoms with Crippen molar-refractivity contribution in [2.45, 2.75) is 19.4 Å². The van der Waals surface area contributed by atoms with Crippen LogP contribution in [0.3, 0.4) is 0 Å². The van der Waals surface area contributed by atoms with Gasteiger partial charge in [-0.15, -0.1) is 0 Å². The summed E-state index contributed by atoms with van der Waals surface area (Å²) in [6.07, 6.45) is 1.80. The van der Waals surface area contributed by atoms with E-state index in [2.05, 4.69) is 17.0 Å². The quantitative estimate of drug-likeness (QED) is 0.746. The number of amides is 1. The molecule has 2 aromatic rings. The number of carbonyl (C=O) groups excluding carboxylic acids is 1. The zero-order valence-corrected chi connectivity index (χ0v) is 16.1. The molecule has 0 bridgehead atoms. The number of hydrogen-bond donors (Lipinski definition) is 0. The molecular formula is C22H22N2O5. The van der Waals surface area contributed by atoms with Crippen LogP contribution in [0.5, 0.6) is 23.0 Å². The molecule has 1 amide bonds. The molecular weight excluding hydrogens is 372 g/mol. The predicted octanol–water partition coefficient (Wildman–Crippen LogP) is 2.77. The standard InChI is InChI=1S/C22H22N2O5/c25-21-22(12-24(21)16-2-4-18-20(10-16)29-14-27-18)5-7-23(8-6-22)11-15-1-3-17-19(9-15)28-13-26-17/h1-4,9-10H,5-8,11-14H2. The van der Waals surface area contributed by atoms with Crippen LogP contribution in [0.25, 0.3) is 0 Å². The smallest absolute Gasteiger partial charge is 0.235 e. The third-order valence-corrected chi connectivity index (χ3v) is 6.48. The lowest BCUT2D eigenvalue weighted by Crippen LogP contribution is -2.64. The molecule has 1 spiro atoms. The van der Waals surface area contributed by atoms with E-state index in [0.717, 1.165) is 67.7 Å². The van der Waals surface area contributed by atoms with Gasteiger partial charge in [0.05, 0.1) is 5.41 Å². The summed E-state index contributed by atoms with van der Waals surface area (Å²) in [7, 11) is 0. The van der Waals surface area contributed by atoms with Crippen LogP contribution in [0.1, 0.15) is 18.4 Å². The van der Waals surface area contributed by atoms with Crippen LogP contribution in [-0.4, -0.2) is 44.0 Å². The molecule has 2 fully saturated rings. The first-order valence-corrected chi connectivity index (χ1v) is 10.0. The van der Waals surface area contributed by atoms with E-state index in [-0.39, 0.29) is 18.1 Å². The predicted molar refractivity (Wildman–Crippen MR) is 104 cm³/mol. The van der Waals surface area contributed by atoms with Crippen LogP contribution in [0.4, 0.5) is 5.69 Å². The first-order chi connectivity index (χ1) is 14.2. The van der Waals surface area contributed by atoms with E-state index in [0.29, 0.717) is 6.79 Å². The maximum Gasteiger partial charge on any atom is 0.235 e. The Balaban J connectivity index is 1.09. The van der Waals surface area contributed by atoms with Crippen molar-refractivity contribution in [3.05, 3.63) is 42.0 Å². The van der Waals surface area contributed by atoms with Crippen molar-refractivity contribution in [3.63, 3.8) is 0 Å². The number of piperidine rings is 1. The van der Waals surface area contributed by atoms with Crippen molar-refractivity contribution in [2.24, 2.45) is 5.41 Å². The summed E-state index contributed by atoms with van der Waals surface area (Å²) in [6, 6.07) is 11.8. The number of benzene rings is 2. The molecule has 0 unspecified atom stereocenters. The summed E-state index contributed by atoms with van der Waals surface area (Å²) in [5.41, 5.74) is 1.90. The Labute approximate surface area is 168 Å². The van der Waals surface area contributed by atoms with Gasteiger partial charge in [-0.1, -0.05) is 6.07 Å². The van der Waals surface area contributed by atoms with Gasteiger partial charge in [-0.25, -0.2) is 0 Å². The fraction of sp³-hybridized carbons (Fsp3) is 0.409. The maximum atomic E-state index is 13.0. The van der Waals surface area contributed by atoms with E-state index >= 15 is 0 Å². The van der Waals surface area contributed by atoms with Crippen LogP contribution in [-0.2, 0) is 11.3 Å². The van der Waals surface area contributed by atoms with Gasteiger partial charge >= 0.3 is 0 Å². The van der Waals surface area contributed by atoms with Crippen molar-refractivity contribution in [1.29, 1.82) is 0 Å². The molecule has 0 saturated carbocycles. The lowest BCUT2D eigenvalue weighted by molar-refractivity contribution is -0.138. The van der Waals surface area contributed by atoms with E-state index in [1.54, 1.807) is 0 Å². The van der Waals surface area contributed by atoms with Gasteiger partial charge in [-0.2, -0.15) is 0 Å². The molecule has 0 atom stereocenters. The van der Waals surface area contributed by atoms with Crippen molar-refractivity contribution in [1.82, 2.24) is 4.90 Å². The van der Waals surface area contributed by atoms with Crippen LogP contribution in [0, 0.1) is 5.41 Å². The zero-order chi connectivity index (χ0) is 19.4. The number of likely N-dealkylation sites (tertiary alicyclic amines) is 1. The van der Waals surface area contributed by atoms with Crippen molar-refractivity contribution < 1.29 is 23.7 Å². The number of hydrogen-bond acceptors (Lipinski definition) is 6. The fourth-order valence-electron chi connectivity index (χ4n) is 4.71. The van der Waals surface area contributed by atoms with E-state index in [1.807, 2.05) is 29.2 Å². The first-order valence-electron chi connectivity index (χ1n) is 10.0. The Hall–Kier alpha value is -2.93. The molecule has 0 N–H and O–H groups in total. The largest absolute Gasteiger partial charge is 0.454 e. The molecule has 0 aromatic heterocycles. The molecule has 150 valence electrons. The first kappa shape index (κ1) is 17.0. The number of nitrogens with zero attached hydrogens (tertiary/aromatic N) is 2. The van der Waals surface area contributed by atoms with Crippen molar-refractivity contribution >= 4 is 11.6 Å². The normalized spacial score (nSPS) is 21.5. The summed E-state index contributed by atoms with van der Waals surface area (Å²) >= 11 is 0. The SMILES string of the molecule is O=C1N(c2ccc3c(c2)OCO3)CC12CCN(Cc1ccc3c(c1)OCO3)CC2. The molecule has 4 aliphatic heterocycles. The third kappa shape index (κ3) is 2.72. The van der Waals surface area contributed by atoms with E-state index < -0.39 is 0 Å². The highest BCUT2D eigenvalue weighted by Crippen LogP contribution is 2.46.